The van der Waals surface area contributed by atoms with Crippen molar-refractivity contribution in [2.75, 3.05) is 39.9 Å². The molecule has 0 saturated carbocycles. The Morgan fingerprint density at radius 1 is 1.23 bits per heavy atom. The topological polar surface area (TPSA) is 35.9 Å². The van der Waals surface area contributed by atoms with Crippen molar-refractivity contribution in [1.29, 1.82) is 0 Å². The highest BCUT2D eigenvalue weighted by molar-refractivity contribution is 7.09. The number of aliphatic hydroxyl groups is 1. The maximum absolute atomic E-state index is 9.46. The lowest BCUT2D eigenvalue weighted by Gasteiger charge is -2.41. The average Bonchev–Trinajstić information content (AvgIpc) is 3.17. The van der Waals surface area contributed by atoms with Gasteiger partial charge in [-0.3, -0.25) is 9.80 Å². The molecule has 3 rings (SSSR count). The molecule has 0 bridgehead atoms. The SMILES string of the molecule is COc1ccccc1/C=C/CN1CCN(Cc2cccs2)C(CCO)C1. The van der Waals surface area contributed by atoms with Gasteiger partial charge >= 0.3 is 0 Å². The lowest BCUT2D eigenvalue weighted by atomic mass is 10.1. The number of benzene rings is 1. The van der Waals surface area contributed by atoms with Gasteiger partial charge in [0, 0.05) is 55.8 Å². The third-order valence-electron chi connectivity index (χ3n) is 4.89. The van der Waals surface area contributed by atoms with E-state index in [1.807, 2.05) is 29.5 Å². The summed E-state index contributed by atoms with van der Waals surface area (Å²) in [5.74, 6) is 0.905. The number of para-hydroxylation sites is 1. The highest BCUT2D eigenvalue weighted by Gasteiger charge is 2.26. The van der Waals surface area contributed by atoms with Gasteiger partial charge in [0.05, 0.1) is 7.11 Å². The van der Waals surface area contributed by atoms with E-state index < -0.39 is 0 Å². The van der Waals surface area contributed by atoms with Gasteiger partial charge in [0.2, 0.25) is 0 Å². The molecule has 1 unspecified atom stereocenters. The van der Waals surface area contributed by atoms with E-state index >= 15 is 0 Å². The first-order valence-electron chi connectivity index (χ1n) is 9.19. The highest BCUT2D eigenvalue weighted by atomic mass is 32.1. The van der Waals surface area contributed by atoms with Gasteiger partial charge in [-0.15, -0.1) is 11.3 Å². The highest BCUT2D eigenvalue weighted by Crippen LogP contribution is 2.20. The van der Waals surface area contributed by atoms with E-state index in [9.17, 15) is 5.11 Å². The lowest BCUT2D eigenvalue weighted by molar-refractivity contribution is 0.0604. The minimum Gasteiger partial charge on any atom is -0.496 e. The largest absolute Gasteiger partial charge is 0.496 e. The van der Waals surface area contributed by atoms with Crippen molar-refractivity contribution < 1.29 is 9.84 Å². The summed E-state index contributed by atoms with van der Waals surface area (Å²) < 4.78 is 5.40. The Kier molecular flexibility index (Phi) is 7.26. The van der Waals surface area contributed by atoms with Crippen LogP contribution in [0.15, 0.2) is 47.9 Å². The van der Waals surface area contributed by atoms with Crippen LogP contribution < -0.4 is 4.74 Å². The summed E-state index contributed by atoms with van der Waals surface area (Å²) in [5.41, 5.74) is 1.11. The quantitative estimate of drug-likeness (QED) is 0.771. The fourth-order valence-electron chi connectivity index (χ4n) is 3.49. The van der Waals surface area contributed by atoms with Crippen LogP contribution in [-0.2, 0) is 6.54 Å². The molecular formula is C21H28N2O2S. The zero-order valence-electron chi connectivity index (χ0n) is 15.4. The maximum Gasteiger partial charge on any atom is 0.126 e. The molecule has 1 aromatic carbocycles. The van der Waals surface area contributed by atoms with Gasteiger partial charge in [-0.1, -0.05) is 36.4 Å². The average molecular weight is 373 g/mol. The summed E-state index contributed by atoms with van der Waals surface area (Å²) in [5, 5.41) is 11.6. The van der Waals surface area contributed by atoms with Crippen molar-refractivity contribution in [3.63, 3.8) is 0 Å². The molecule has 2 heterocycles. The molecule has 1 aromatic heterocycles. The summed E-state index contributed by atoms with van der Waals surface area (Å²) in [6.45, 7) is 5.27. The summed E-state index contributed by atoms with van der Waals surface area (Å²) in [7, 11) is 1.71. The Morgan fingerprint density at radius 2 is 2.12 bits per heavy atom. The molecule has 1 saturated heterocycles. The van der Waals surface area contributed by atoms with E-state index in [0.29, 0.717) is 6.04 Å². The van der Waals surface area contributed by atoms with Crippen LogP contribution in [0.3, 0.4) is 0 Å². The Labute approximate surface area is 160 Å². The molecule has 26 heavy (non-hydrogen) atoms. The normalized spacial score (nSPS) is 19.2. The van der Waals surface area contributed by atoms with Crippen LogP contribution in [0, 0.1) is 0 Å². The van der Waals surface area contributed by atoms with E-state index in [1.165, 1.54) is 4.88 Å². The molecule has 1 N–H and O–H groups in total. The number of thiophene rings is 1. The first kappa shape index (κ1) is 19.1. The number of nitrogens with zero attached hydrogens (tertiary/aromatic N) is 2. The Bertz CT molecular complexity index is 687. The van der Waals surface area contributed by atoms with Gasteiger partial charge < -0.3 is 9.84 Å². The van der Waals surface area contributed by atoms with E-state index in [2.05, 4.69) is 45.5 Å². The zero-order chi connectivity index (χ0) is 18.2. The number of aliphatic hydroxyl groups excluding tert-OH is 1. The maximum atomic E-state index is 9.46. The fourth-order valence-corrected chi connectivity index (χ4v) is 4.22. The first-order chi connectivity index (χ1) is 12.8. The van der Waals surface area contributed by atoms with E-state index in [0.717, 1.165) is 50.5 Å². The molecule has 1 aliphatic heterocycles. The molecule has 0 aliphatic carbocycles. The number of hydrogen-bond acceptors (Lipinski definition) is 5. The predicted molar refractivity (Wildman–Crippen MR) is 109 cm³/mol. The number of piperazine rings is 1. The van der Waals surface area contributed by atoms with Crippen LogP contribution in [0.1, 0.15) is 16.9 Å². The second-order valence-electron chi connectivity index (χ2n) is 6.62. The number of ether oxygens (including phenoxy) is 1. The Morgan fingerprint density at radius 3 is 2.88 bits per heavy atom. The van der Waals surface area contributed by atoms with Gasteiger partial charge in [0.1, 0.15) is 5.75 Å². The van der Waals surface area contributed by atoms with Crippen LogP contribution in [0.4, 0.5) is 0 Å². The van der Waals surface area contributed by atoms with E-state index in [-0.39, 0.29) is 6.61 Å². The molecule has 5 heteroatoms. The Hall–Kier alpha value is -1.66. The molecule has 1 atom stereocenters. The third-order valence-corrected chi connectivity index (χ3v) is 5.75. The second kappa shape index (κ2) is 9.88. The number of hydrogen-bond donors (Lipinski definition) is 1. The molecule has 140 valence electrons. The molecule has 0 amide bonds. The van der Waals surface area contributed by atoms with Crippen LogP contribution in [-0.4, -0.2) is 60.8 Å². The van der Waals surface area contributed by atoms with Crippen molar-refractivity contribution in [3.05, 3.63) is 58.3 Å². The molecule has 2 aromatic rings. The molecule has 1 aliphatic rings. The molecule has 0 spiro atoms. The fraction of sp³-hybridized carbons (Fsp3) is 0.429. The molecule has 1 fully saturated rings. The second-order valence-corrected chi connectivity index (χ2v) is 7.65. The summed E-state index contributed by atoms with van der Waals surface area (Å²) >= 11 is 1.81. The van der Waals surface area contributed by atoms with Crippen LogP contribution in [0.25, 0.3) is 6.08 Å². The van der Waals surface area contributed by atoms with Gasteiger partial charge in [0.25, 0.3) is 0 Å². The summed E-state index contributed by atoms with van der Waals surface area (Å²) in [6.07, 6.45) is 5.18. The van der Waals surface area contributed by atoms with Crippen LogP contribution >= 0.6 is 11.3 Å². The van der Waals surface area contributed by atoms with E-state index in [4.69, 9.17) is 4.74 Å². The minimum absolute atomic E-state index is 0.247. The standard InChI is InChI=1S/C21H28N2O2S/c1-25-21-9-3-2-6-18(21)7-4-11-22-12-13-23(19(16-22)10-14-24)17-20-8-5-15-26-20/h2-9,15,19,24H,10-14,16-17H2,1H3/b7-4+. The number of rotatable bonds is 8. The van der Waals surface area contributed by atoms with Gasteiger partial charge in [0.15, 0.2) is 0 Å². The third kappa shape index (κ3) is 5.17. The summed E-state index contributed by atoms with van der Waals surface area (Å²) in [4.78, 5) is 6.39. The molecular weight excluding hydrogens is 344 g/mol. The smallest absolute Gasteiger partial charge is 0.126 e. The van der Waals surface area contributed by atoms with Crippen LogP contribution in [0.5, 0.6) is 5.75 Å². The van der Waals surface area contributed by atoms with Gasteiger partial charge in [-0.25, -0.2) is 0 Å². The van der Waals surface area contributed by atoms with Gasteiger partial charge in [-0.2, -0.15) is 0 Å². The molecule has 0 radical (unpaired) electrons. The lowest BCUT2D eigenvalue weighted by Crippen LogP contribution is -2.52. The van der Waals surface area contributed by atoms with Gasteiger partial charge in [-0.05, 0) is 23.9 Å². The zero-order valence-corrected chi connectivity index (χ0v) is 16.2. The van der Waals surface area contributed by atoms with Crippen LogP contribution in [0.2, 0.25) is 0 Å². The van der Waals surface area contributed by atoms with Crippen molar-refractivity contribution in [1.82, 2.24) is 9.80 Å². The summed E-state index contributed by atoms with van der Waals surface area (Å²) in [6, 6.07) is 12.8. The minimum atomic E-state index is 0.247. The molecule has 4 nitrogen and oxygen atoms in total. The van der Waals surface area contributed by atoms with Crippen molar-refractivity contribution in [2.24, 2.45) is 0 Å². The number of methoxy groups -OCH3 is 1. The Balaban J connectivity index is 1.56. The van der Waals surface area contributed by atoms with E-state index in [1.54, 1.807) is 7.11 Å². The van der Waals surface area contributed by atoms with Crippen molar-refractivity contribution in [2.45, 2.75) is 19.0 Å². The first-order valence-corrected chi connectivity index (χ1v) is 10.1. The van der Waals surface area contributed by atoms with Crippen molar-refractivity contribution >= 4 is 17.4 Å². The predicted octanol–water partition coefficient (Wildman–Crippen LogP) is 3.34. The monoisotopic (exact) mass is 372 g/mol. The van der Waals surface area contributed by atoms with Crippen molar-refractivity contribution in [3.8, 4) is 5.75 Å².